The molecule has 1 heterocycles. The fourth-order valence-electron chi connectivity index (χ4n) is 1.87. The molecule has 3 unspecified atom stereocenters. The number of hydrogen-bond acceptors (Lipinski definition) is 3. The Morgan fingerprint density at radius 2 is 2.07 bits per heavy atom. The zero-order chi connectivity index (χ0) is 11.4. The van der Waals surface area contributed by atoms with Crippen LogP contribution in [-0.2, 0) is 15.6 Å². The summed E-state index contributed by atoms with van der Waals surface area (Å²) in [5.74, 6) is 0.732. The van der Waals surface area contributed by atoms with Crippen molar-refractivity contribution >= 4 is 16.7 Å². The fourth-order valence-corrected chi connectivity index (χ4v) is 2.32. The Hall–Kier alpha value is -0.420. The minimum absolute atomic E-state index is 0.0414. The molecule has 15 heavy (non-hydrogen) atoms. The van der Waals surface area contributed by atoms with Crippen LogP contribution in [0.5, 0.6) is 0 Å². The lowest BCUT2D eigenvalue weighted by Gasteiger charge is -2.22. The van der Waals surface area contributed by atoms with E-state index in [0.29, 0.717) is 12.3 Å². The van der Waals surface area contributed by atoms with Crippen LogP contribution in [-0.4, -0.2) is 45.8 Å². The van der Waals surface area contributed by atoms with Gasteiger partial charge in [0.15, 0.2) is 0 Å². The maximum atomic E-state index is 11.9. The third-order valence-corrected chi connectivity index (χ3v) is 3.52. The summed E-state index contributed by atoms with van der Waals surface area (Å²) in [5, 5.41) is 3.29. The molecular formula is C10H20N2O2S. The molecule has 1 saturated heterocycles. The van der Waals surface area contributed by atoms with Crippen LogP contribution in [0.1, 0.15) is 26.7 Å². The van der Waals surface area contributed by atoms with Crippen LogP contribution < -0.4 is 5.32 Å². The maximum Gasteiger partial charge on any atom is 0.241 e. The van der Waals surface area contributed by atoms with Crippen molar-refractivity contribution in [1.82, 2.24) is 10.2 Å². The summed E-state index contributed by atoms with van der Waals surface area (Å²) >= 11 is 0. The van der Waals surface area contributed by atoms with E-state index in [4.69, 9.17) is 0 Å². The van der Waals surface area contributed by atoms with Gasteiger partial charge in [-0.2, -0.15) is 0 Å². The Morgan fingerprint density at radius 1 is 1.40 bits per heavy atom. The monoisotopic (exact) mass is 232 g/mol. The number of nitrogens with one attached hydrogen (secondary N) is 1. The zero-order valence-corrected chi connectivity index (χ0v) is 10.5. The van der Waals surface area contributed by atoms with Gasteiger partial charge in [0, 0.05) is 29.4 Å². The lowest BCUT2D eigenvalue weighted by atomic mass is 10.2. The van der Waals surface area contributed by atoms with E-state index in [2.05, 4.69) is 12.2 Å². The molecule has 1 rings (SSSR count). The molecule has 0 aromatic heterocycles. The average Bonchev–Trinajstić information content (AvgIpc) is 2.51. The van der Waals surface area contributed by atoms with Crippen LogP contribution in [0.25, 0.3) is 0 Å². The van der Waals surface area contributed by atoms with Crippen LogP contribution in [0.15, 0.2) is 0 Å². The van der Waals surface area contributed by atoms with Crippen molar-refractivity contribution in [3.8, 4) is 0 Å². The second-order valence-electron chi connectivity index (χ2n) is 3.86. The molecule has 0 spiro atoms. The third-order valence-electron chi connectivity index (χ3n) is 2.77. The Bertz CT molecular complexity index is 258. The molecular weight excluding hydrogens is 212 g/mol. The van der Waals surface area contributed by atoms with Gasteiger partial charge < -0.3 is 4.90 Å². The highest BCUT2D eigenvalue weighted by Gasteiger charge is 2.36. The van der Waals surface area contributed by atoms with Gasteiger partial charge in [0.05, 0.1) is 12.2 Å². The van der Waals surface area contributed by atoms with Crippen LogP contribution in [0, 0.1) is 0 Å². The normalized spacial score (nSPS) is 28.5. The van der Waals surface area contributed by atoms with Gasteiger partial charge in [-0.05, 0) is 12.8 Å². The van der Waals surface area contributed by atoms with Crippen molar-refractivity contribution in [3.05, 3.63) is 0 Å². The van der Waals surface area contributed by atoms with Crippen LogP contribution in [0.3, 0.4) is 0 Å². The Morgan fingerprint density at radius 3 is 2.53 bits per heavy atom. The standard InChI is InChI=1S/C10H20N2O2S/c1-4-8-10(13)12(6-7-15(3)14)9(5-2)11-8/h8-9,11H,4-7H2,1-3H3. The third kappa shape index (κ3) is 3.01. The summed E-state index contributed by atoms with van der Waals surface area (Å²) < 4.78 is 11.0. The van der Waals surface area contributed by atoms with E-state index in [1.807, 2.05) is 11.8 Å². The zero-order valence-electron chi connectivity index (χ0n) is 9.66. The molecule has 3 atom stereocenters. The van der Waals surface area contributed by atoms with Gasteiger partial charge in [0.1, 0.15) is 0 Å². The number of nitrogens with zero attached hydrogens (tertiary/aromatic N) is 1. The summed E-state index contributed by atoms with van der Waals surface area (Å²) in [5.41, 5.74) is 0. The molecule has 1 aliphatic heterocycles. The van der Waals surface area contributed by atoms with Gasteiger partial charge in [-0.25, -0.2) is 0 Å². The first kappa shape index (κ1) is 12.6. The molecule has 1 aliphatic rings. The smallest absolute Gasteiger partial charge is 0.241 e. The number of carbonyl (C=O) groups excluding carboxylic acids is 1. The van der Waals surface area contributed by atoms with Gasteiger partial charge in [0.2, 0.25) is 5.91 Å². The van der Waals surface area contributed by atoms with E-state index in [1.165, 1.54) is 0 Å². The molecule has 1 amide bonds. The average molecular weight is 232 g/mol. The van der Waals surface area contributed by atoms with Gasteiger partial charge in [-0.1, -0.05) is 13.8 Å². The van der Waals surface area contributed by atoms with E-state index in [0.717, 1.165) is 12.8 Å². The number of amides is 1. The van der Waals surface area contributed by atoms with Crippen molar-refractivity contribution in [3.63, 3.8) is 0 Å². The Kier molecular flexibility index (Phi) is 4.73. The lowest BCUT2D eigenvalue weighted by molar-refractivity contribution is -0.129. The molecule has 0 saturated carbocycles. The molecule has 0 bridgehead atoms. The summed E-state index contributed by atoms with van der Waals surface area (Å²) in [7, 11) is -0.828. The number of hydrogen-bond donors (Lipinski definition) is 1. The van der Waals surface area contributed by atoms with Gasteiger partial charge in [-0.3, -0.25) is 14.3 Å². The summed E-state index contributed by atoms with van der Waals surface area (Å²) in [6.45, 7) is 4.66. The number of carbonyl (C=O) groups is 1. The quantitative estimate of drug-likeness (QED) is 0.742. The topological polar surface area (TPSA) is 49.4 Å². The first-order valence-corrected chi connectivity index (χ1v) is 7.19. The molecule has 0 aliphatic carbocycles. The Labute approximate surface area is 93.9 Å². The van der Waals surface area contributed by atoms with Crippen LogP contribution in [0.4, 0.5) is 0 Å². The molecule has 5 heteroatoms. The molecule has 4 nitrogen and oxygen atoms in total. The SMILES string of the molecule is CCC1NC(CC)N(CCS(C)=O)C1=O. The highest BCUT2D eigenvalue weighted by Crippen LogP contribution is 2.15. The highest BCUT2D eigenvalue weighted by molar-refractivity contribution is 7.84. The molecule has 0 radical (unpaired) electrons. The van der Waals surface area contributed by atoms with E-state index >= 15 is 0 Å². The number of rotatable bonds is 5. The first-order chi connectivity index (χ1) is 7.10. The molecule has 0 aromatic carbocycles. The predicted molar refractivity (Wildman–Crippen MR) is 61.9 cm³/mol. The van der Waals surface area contributed by atoms with E-state index in [-0.39, 0.29) is 18.1 Å². The van der Waals surface area contributed by atoms with Crippen molar-refractivity contribution in [2.24, 2.45) is 0 Å². The molecule has 1 N–H and O–H groups in total. The maximum absolute atomic E-state index is 11.9. The minimum atomic E-state index is -0.828. The molecule has 0 aromatic rings. The largest absolute Gasteiger partial charge is 0.325 e. The van der Waals surface area contributed by atoms with E-state index in [1.54, 1.807) is 6.26 Å². The lowest BCUT2D eigenvalue weighted by Crippen LogP contribution is -2.39. The summed E-state index contributed by atoms with van der Waals surface area (Å²) in [6.07, 6.45) is 3.53. The molecule has 88 valence electrons. The van der Waals surface area contributed by atoms with Crippen molar-refractivity contribution in [2.45, 2.75) is 38.9 Å². The van der Waals surface area contributed by atoms with E-state index < -0.39 is 10.8 Å². The van der Waals surface area contributed by atoms with Crippen LogP contribution >= 0.6 is 0 Å². The van der Waals surface area contributed by atoms with Gasteiger partial charge in [0.25, 0.3) is 0 Å². The fraction of sp³-hybridized carbons (Fsp3) is 0.900. The Balaban J connectivity index is 2.59. The summed E-state index contributed by atoms with van der Waals surface area (Å²) in [6, 6.07) is -0.0414. The van der Waals surface area contributed by atoms with Crippen molar-refractivity contribution < 1.29 is 9.00 Å². The molecule has 1 fully saturated rings. The van der Waals surface area contributed by atoms with Gasteiger partial charge >= 0.3 is 0 Å². The highest BCUT2D eigenvalue weighted by atomic mass is 32.2. The second kappa shape index (κ2) is 5.61. The second-order valence-corrected chi connectivity index (χ2v) is 5.42. The minimum Gasteiger partial charge on any atom is -0.325 e. The predicted octanol–water partition coefficient (Wildman–Crippen LogP) is 0.311. The van der Waals surface area contributed by atoms with Crippen molar-refractivity contribution in [1.29, 1.82) is 0 Å². The summed E-state index contributed by atoms with van der Waals surface area (Å²) in [4.78, 5) is 13.7. The first-order valence-electron chi connectivity index (χ1n) is 5.46. The van der Waals surface area contributed by atoms with Gasteiger partial charge in [-0.15, -0.1) is 0 Å². The van der Waals surface area contributed by atoms with Crippen LogP contribution in [0.2, 0.25) is 0 Å². The van der Waals surface area contributed by atoms with E-state index in [9.17, 15) is 9.00 Å². The van der Waals surface area contributed by atoms with Crippen molar-refractivity contribution in [2.75, 3.05) is 18.6 Å².